The molecule has 5 nitrogen and oxygen atoms in total. The van der Waals surface area contributed by atoms with E-state index in [1.165, 1.54) is 12.1 Å². The largest absolute Gasteiger partial charge is 0.480 e. The van der Waals surface area contributed by atoms with Crippen LogP contribution in [0.15, 0.2) is 35.0 Å². The molecule has 0 amide bonds. The summed E-state index contributed by atoms with van der Waals surface area (Å²) in [6.45, 7) is 3.40. The van der Waals surface area contributed by atoms with Crippen LogP contribution in [0.1, 0.15) is 34.6 Å². The molecule has 0 bridgehead atoms. The number of aliphatic carboxylic acids is 1. The van der Waals surface area contributed by atoms with E-state index >= 15 is 0 Å². The van der Waals surface area contributed by atoms with E-state index in [1.54, 1.807) is 26.0 Å². The molecule has 0 saturated carbocycles. The molecule has 1 atom stereocenters. The van der Waals surface area contributed by atoms with Crippen molar-refractivity contribution in [1.82, 2.24) is 5.32 Å². The van der Waals surface area contributed by atoms with E-state index in [-0.39, 0.29) is 27.8 Å². The number of nitrogens with one attached hydrogen (secondary N) is 1. The van der Waals surface area contributed by atoms with Gasteiger partial charge in [-0.1, -0.05) is 49.7 Å². The highest BCUT2D eigenvalue weighted by atomic mass is 35.5. The summed E-state index contributed by atoms with van der Waals surface area (Å²) >= 11 is 5.96. The maximum atomic E-state index is 12.4. The molecule has 0 saturated heterocycles. The van der Waals surface area contributed by atoms with Gasteiger partial charge in [0.15, 0.2) is 0 Å². The summed E-state index contributed by atoms with van der Waals surface area (Å²) in [5, 5.41) is 11.5. The molecule has 0 aromatic heterocycles. The van der Waals surface area contributed by atoms with Gasteiger partial charge >= 0.3 is 5.97 Å². The van der Waals surface area contributed by atoms with Gasteiger partial charge in [0, 0.05) is 11.1 Å². The zero-order valence-electron chi connectivity index (χ0n) is 11.5. The Balaban J connectivity index is 2.45. The molecular weight excluding hydrogens is 294 g/mol. The van der Waals surface area contributed by atoms with Gasteiger partial charge in [-0.25, -0.2) is 4.79 Å². The topological polar surface area (TPSA) is 83.5 Å². The molecule has 0 aliphatic heterocycles. The van der Waals surface area contributed by atoms with Crippen molar-refractivity contribution in [1.29, 1.82) is 0 Å². The van der Waals surface area contributed by atoms with Crippen LogP contribution in [-0.2, 0) is 4.79 Å². The van der Waals surface area contributed by atoms with Crippen LogP contribution in [-0.4, -0.2) is 28.7 Å². The number of benzene rings is 1. The zero-order chi connectivity index (χ0) is 15.7. The fourth-order valence-corrected chi connectivity index (χ4v) is 2.39. The number of ketones is 2. The number of hydrogen-bond donors (Lipinski definition) is 2. The molecule has 1 aliphatic carbocycles. The van der Waals surface area contributed by atoms with E-state index in [9.17, 15) is 19.5 Å². The summed E-state index contributed by atoms with van der Waals surface area (Å²) in [7, 11) is 0. The first-order chi connectivity index (χ1) is 9.84. The fourth-order valence-electron chi connectivity index (χ4n) is 2.14. The molecule has 110 valence electrons. The lowest BCUT2D eigenvalue weighted by atomic mass is 9.91. The minimum absolute atomic E-state index is 0.151. The number of Topliss-reactive ketones (excluding diaryl/α,β-unsaturated/α-hetero) is 2. The van der Waals surface area contributed by atoms with Crippen LogP contribution < -0.4 is 5.32 Å². The summed E-state index contributed by atoms with van der Waals surface area (Å²) in [6.07, 6.45) is 0. The third kappa shape index (κ3) is 2.69. The quantitative estimate of drug-likeness (QED) is 0.891. The van der Waals surface area contributed by atoms with E-state index in [2.05, 4.69) is 5.32 Å². The Morgan fingerprint density at radius 2 is 1.67 bits per heavy atom. The molecule has 2 N–H and O–H groups in total. The van der Waals surface area contributed by atoms with Crippen molar-refractivity contribution in [2.75, 3.05) is 0 Å². The zero-order valence-corrected chi connectivity index (χ0v) is 12.3. The second-order valence-corrected chi connectivity index (χ2v) is 5.48. The van der Waals surface area contributed by atoms with Crippen LogP contribution in [0.3, 0.4) is 0 Å². The van der Waals surface area contributed by atoms with Gasteiger partial charge < -0.3 is 10.4 Å². The van der Waals surface area contributed by atoms with Crippen LogP contribution in [0, 0.1) is 5.92 Å². The molecular formula is C15H14ClNO4. The van der Waals surface area contributed by atoms with Crippen LogP contribution in [0.25, 0.3) is 0 Å². The van der Waals surface area contributed by atoms with Gasteiger partial charge in [-0.3, -0.25) is 9.59 Å². The van der Waals surface area contributed by atoms with Crippen LogP contribution in [0.4, 0.5) is 0 Å². The Bertz CT molecular complexity index is 663. The Morgan fingerprint density at radius 1 is 1.14 bits per heavy atom. The first-order valence-electron chi connectivity index (χ1n) is 6.42. The number of fused-ring (bicyclic) bond motifs is 1. The molecule has 0 heterocycles. The lowest BCUT2D eigenvalue weighted by Crippen LogP contribution is -2.43. The Hall–Kier alpha value is -2.14. The Morgan fingerprint density at radius 3 is 2.14 bits per heavy atom. The predicted molar refractivity (Wildman–Crippen MR) is 77.4 cm³/mol. The van der Waals surface area contributed by atoms with Crippen molar-refractivity contribution in [3.63, 3.8) is 0 Å². The molecule has 0 fully saturated rings. The number of carbonyl (C=O) groups excluding carboxylic acids is 2. The minimum atomic E-state index is -1.11. The smallest absolute Gasteiger partial charge is 0.326 e. The molecule has 21 heavy (non-hydrogen) atoms. The van der Waals surface area contributed by atoms with Gasteiger partial charge in [0.25, 0.3) is 0 Å². The number of carboxylic acid groups (broad SMARTS) is 1. The maximum absolute atomic E-state index is 12.4. The SMILES string of the molecule is CC(C)C(NC1=C(Cl)C(=O)c2ccccc2C1=O)C(=O)O. The number of carbonyl (C=O) groups is 3. The molecule has 2 rings (SSSR count). The summed E-state index contributed by atoms with van der Waals surface area (Å²) in [5.74, 6) is -2.34. The molecule has 1 aromatic rings. The number of allylic oxidation sites excluding steroid dienone is 2. The van der Waals surface area contributed by atoms with Gasteiger partial charge in [0.05, 0.1) is 0 Å². The van der Waals surface area contributed by atoms with Gasteiger partial charge in [0.1, 0.15) is 16.8 Å². The standard InChI is InChI=1S/C15H14ClNO4/c1-7(2)11(15(20)21)17-12-10(16)13(18)8-5-3-4-6-9(8)14(12)19/h3-7,11,17H,1-2H3,(H,20,21). The van der Waals surface area contributed by atoms with E-state index < -0.39 is 23.6 Å². The fraction of sp³-hybridized carbons (Fsp3) is 0.267. The van der Waals surface area contributed by atoms with E-state index in [4.69, 9.17) is 11.6 Å². The minimum Gasteiger partial charge on any atom is -0.480 e. The first kappa shape index (κ1) is 15.3. The van der Waals surface area contributed by atoms with E-state index in [1.807, 2.05) is 0 Å². The Labute approximate surface area is 126 Å². The van der Waals surface area contributed by atoms with Gasteiger partial charge in [-0.15, -0.1) is 0 Å². The van der Waals surface area contributed by atoms with E-state index in [0.717, 1.165) is 0 Å². The van der Waals surface area contributed by atoms with Crippen molar-refractivity contribution in [2.24, 2.45) is 5.92 Å². The highest BCUT2D eigenvalue weighted by molar-refractivity contribution is 6.49. The highest BCUT2D eigenvalue weighted by Crippen LogP contribution is 2.27. The number of hydrogen-bond acceptors (Lipinski definition) is 4. The molecule has 0 spiro atoms. The average molecular weight is 308 g/mol. The van der Waals surface area contributed by atoms with Crippen LogP contribution in [0.2, 0.25) is 0 Å². The number of halogens is 1. The number of rotatable bonds is 4. The molecule has 1 aliphatic rings. The molecule has 6 heteroatoms. The molecule has 1 unspecified atom stereocenters. The normalized spacial score (nSPS) is 16.0. The Kier molecular flexibility index (Phi) is 4.14. The van der Waals surface area contributed by atoms with Crippen LogP contribution >= 0.6 is 11.6 Å². The van der Waals surface area contributed by atoms with Crippen molar-refractivity contribution < 1.29 is 19.5 Å². The lowest BCUT2D eigenvalue weighted by molar-refractivity contribution is -0.140. The van der Waals surface area contributed by atoms with Gasteiger partial charge in [0.2, 0.25) is 11.6 Å². The van der Waals surface area contributed by atoms with Crippen LogP contribution in [0.5, 0.6) is 0 Å². The van der Waals surface area contributed by atoms with Crippen molar-refractivity contribution >= 4 is 29.1 Å². The summed E-state index contributed by atoms with van der Waals surface area (Å²) < 4.78 is 0. The van der Waals surface area contributed by atoms with Crippen molar-refractivity contribution in [2.45, 2.75) is 19.9 Å². The van der Waals surface area contributed by atoms with Crippen molar-refractivity contribution in [3.8, 4) is 0 Å². The summed E-state index contributed by atoms with van der Waals surface area (Å²) in [6, 6.07) is 5.31. The number of carboxylic acids is 1. The second-order valence-electron chi connectivity index (χ2n) is 5.10. The van der Waals surface area contributed by atoms with Gasteiger partial charge in [-0.2, -0.15) is 0 Å². The monoisotopic (exact) mass is 307 g/mol. The molecule has 0 radical (unpaired) electrons. The average Bonchev–Trinajstić information content (AvgIpc) is 2.44. The molecule has 1 aromatic carbocycles. The summed E-state index contributed by atoms with van der Waals surface area (Å²) in [5.41, 5.74) is 0.304. The third-order valence-electron chi connectivity index (χ3n) is 3.29. The predicted octanol–water partition coefficient (Wildman–Crippen LogP) is 2.21. The first-order valence-corrected chi connectivity index (χ1v) is 6.80. The maximum Gasteiger partial charge on any atom is 0.326 e. The van der Waals surface area contributed by atoms with Crippen molar-refractivity contribution in [3.05, 3.63) is 46.1 Å². The second kappa shape index (κ2) is 5.69. The highest BCUT2D eigenvalue weighted by Gasteiger charge is 2.34. The summed E-state index contributed by atoms with van der Waals surface area (Å²) in [4.78, 5) is 35.8. The third-order valence-corrected chi connectivity index (χ3v) is 3.66. The lowest BCUT2D eigenvalue weighted by Gasteiger charge is -2.24. The van der Waals surface area contributed by atoms with E-state index in [0.29, 0.717) is 0 Å². The van der Waals surface area contributed by atoms with Gasteiger partial charge in [-0.05, 0) is 5.92 Å².